The van der Waals surface area contributed by atoms with E-state index in [1.807, 2.05) is 26.0 Å². The minimum Gasteiger partial charge on any atom is -0.370 e. The summed E-state index contributed by atoms with van der Waals surface area (Å²) in [4.78, 5) is 23.0. The molecule has 0 aliphatic heterocycles. The van der Waals surface area contributed by atoms with Crippen molar-refractivity contribution in [3.63, 3.8) is 0 Å². The van der Waals surface area contributed by atoms with Gasteiger partial charge in [-0.15, -0.1) is 0 Å². The summed E-state index contributed by atoms with van der Waals surface area (Å²) in [6, 6.07) is 11.2. The number of nitrogens with two attached hydrogens (primary N) is 1. The van der Waals surface area contributed by atoms with E-state index < -0.39 is 23.3 Å². The number of primary amides is 1. The molecule has 0 fully saturated rings. The Labute approximate surface area is 197 Å². The molecule has 0 saturated heterocycles. The van der Waals surface area contributed by atoms with Gasteiger partial charge in [0.05, 0.1) is 5.69 Å². The van der Waals surface area contributed by atoms with Crippen molar-refractivity contribution >= 4 is 11.7 Å². The van der Waals surface area contributed by atoms with Crippen LogP contribution in [0.5, 0.6) is 0 Å². The second-order valence-corrected chi connectivity index (χ2v) is 7.30. The number of aromatic nitrogens is 1. The Morgan fingerprint density at radius 2 is 1.35 bits per heavy atom. The Hall–Kier alpha value is -3.55. The molecule has 2 N–H and O–H groups in total. The quantitative estimate of drug-likeness (QED) is 0.442. The highest BCUT2D eigenvalue weighted by Crippen LogP contribution is 2.25. The van der Waals surface area contributed by atoms with Gasteiger partial charge < -0.3 is 10.5 Å². The lowest BCUT2D eigenvalue weighted by Crippen LogP contribution is -2.01. The van der Waals surface area contributed by atoms with E-state index in [1.54, 1.807) is 0 Å². The molecular formula is C26H30F4N2O2. The summed E-state index contributed by atoms with van der Waals surface area (Å²) in [5.74, 6) is -2.29. The van der Waals surface area contributed by atoms with Gasteiger partial charge in [-0.2, -0.15) is 0 Å². The van der Waals surface area contributed by atoms with Gasteiger partial charge in [-0.05, 0) is 70.0 Å². The van der Waals surface area contributed by atoms with Crippen LogP contribution in [-0.4, -0.2) is 16.7 Å². The molecule has 3 rings (SSSR count). The normalized spacial score (nSPS) is 9.35. The lowest BCUT2D eigenvalue weighted by Gasteiger charge is -2.09. The van der Waals surface area contributed by atoms with Crippen LogP contribution >= 0.6 is 0 Å². The highest BCUT2D eigenvalue weighted by Gasteiger charge is 2.11. The first-order chi connectivity index (χ1) is 15.8. The van der Waals surface area contributed by atoms with Gasteiger partial charge in [-0.3, -0.25) is 9.78 Å². The monoisotopic (exact) mass is 478 g/mol. The van der Waals surface area contributed by atoms with Crippen LogP contribution in [0.3, 0.4) is 0 Å². The van der Waals surface area contributed by atoms with Crippen molar-refractivity contribution in [1.82, 2.24) is 4.98 Å². The molecule has 0 spiro atoms. The van der Waals surface area contributed by atoms with E-state index in [-0.39, 0.29) is 17.3 Å². The molecule has 34 heavy (non-hydrogen) atoms. The van der Waals surface area contributed by atoms with Crippen LogP contribution < -0.4 is 5.73 Å². The number of halogens is 4. The number of hydrogen-bond acceptors (Lipinski definition) is 3. The summed E-state index contributed by atoms with van der Waals surface area (Å²) in [7, 11) is 0. The van der Waals surface area contributed by atoms with Crippen molar-refractivity contribution in [2.24, 2.45) is 5.73 Å². The number of amides is 1. The number of hydrogen-bond donors (Lipinski definition) is 1. The van der Waals surface area contributed by atoms with E-state index in [0.29, 0.717) is 11.3 Å². The first-order valence-corrected chi connectivity index (χ1v) is 10.4. The topological polar surface area (TPSA) is 73.1 Å². The second kappa shape index (κ2) is 15.3. The molecule has 0 atom stereocenters. The number of Topliss-reactive ketones (excluding diaryl/α,β-unsaturated/α-hetero) is 1. The number of rotatable bonds is 2. The zero-order valence-electron chi connectivity index (χ0n) is 20.2. The van der Waals surface area contributed by atoms with Gasteiger partial charge in [-0.25, -0.2) is 17.6 Å². The van der Waals surface area contributed by atoms with Crippen LogP contribution in [0.25, 0.3) is 11.3 Å². The predicted molar refractivity (Wildman–Crippen MR) is 126 cm³/mol. The van der Waals surface area contributed by atoms with Gasteiger partial charge in [0.15, 0.2) is 0 Å². The minimum atomic E-state index is -0.572. The molecule has 0 unspecified atom stereocenters. The highest BCUT2D eigenvalue weighted by atomic mass is 19.1. The molecule has 184 valence electrons. The standard InChI is InChI=1S/C14H13F2N.C7H6F2.C3H6O.C2H5NO/c1-3-10-5-4-9(2)17-14(10)12-7-6-11(15)8-13(12)16;1-5-6(8)3-2-4-7(5)9;1-3(2)4;1-2(3)4/h4-8H,3H2,1-2H3;2-4H,1H3;1-2H3;1H3,(H2,3,4). The van der Waals surface area contributed by atoms with Crippen LogP contribution in [0.2, 0.25) is 0 Å². The fraction of sp³-hybridized carbons (Fsp3) is 0.269. The Kier molecular flexibility index (Phi) is 13.7. The second-order valence-electron chi connectivity index (χ2n) is 7.30. The fourth-order valence-corrected chi connectivity index (χ4v) is 2.37. The Morgan fingerprint density at radius 1 is 0.853 bits per heavy atom. The molecule has 3 aromatic rings. The van der Waals surface area contributed by atoms with Crippen LogP contribution in [0.4, 0.5) is 17.6 Å². The van der Waals surface area contributed by atoms with Crippen molar-refractivity contribution in [2.45, 2.75) is 48.0 Å². The zero-order chi connectivity index (χ0) is 26.4. The Morgan fingerprint density at radius 3 is 1.76 bits per heavy atom. The molecule has 0 saturated carbocycles. The third-order valence-electron chi connectivity index (χ3n) is 3.89. The molecule has 0 aliphatic carbocycles. The summed E-state index contributed by atoms with van der Waals surface area (Å²) in [5.41, 5.74) is 7.29. The van der Waals surface area contributed by atoms with E-state index in [1.165, 1.54) is 58.0 Å². The maximum absolute atomic E-state index is 13.7. The minimum absolute atomic E-state index is 0.0810. The Bertz CT molecular complexity index is 1060. The molecule has 0 aliphatic rings. The van der Waals surface area contributed by atoms with Gasteiger partial charge in [0.2, 0.25) is 5.91 Å². The number of aryl methyl sites for hydroxylation is 2. The molecule has 8 heteroatoms. The summed E-state index contributed by atoms with van der Waals surface area (Å²) in [6.07, 6.45) is 0.763. The summed E-state index contributed by atoms with van der Waals surface area (Å²) in [5, 5.41) is 0. The highest BCUT2D eigenvalue weighted by molar-refractivity contribution is 5.72. The van der Waals surface area contributed by atoms with E-state index in [0.717, 1.165) is 23.7 Å². The van der Waals surface area contributed by atoms with Gasteiger partial charge in [0.25, 0.3) is 0 Å². The first kappa shape index (κ1) is 30.5. The van der Waals surface area contributed by atoms with Crippen molar-refractivity contribution in [1.29, 1.82) is 0 Å². The van der Waals surface area contributed by atoms with Crippen LogP contribution in [0.15, 0.2) is 48.5 Å². The number of pyridine rings is 1. The predicted octanol–water partition coefficient (Wildman–Crippen LogP) is 6.26. The smallest absolute Gasteiger partial charge is 0.214 e. The van der Waals surface area contributed by atoms with Crippen molar-refractivity contribution in [3.05, 3.63) is 88.6 Å². The van der Waals surface area contributed by atoms with E-state index in [2.05, 4.69) is 10.7 Å². The van der Waals surface area contributed by atoms with Crippen molar-refractivity contribution in [2.75, 3.05) is 0 Å². The van der Waals surface area contributed by atoms with Gasteiger partial charge in [0.1, 0.15) is 29.1 Å². The lowest BCUT2D eigenvalue weighted by atomic mass is 10.0. The van der Waals surface area contributed by atoms with E-state index in [9.17, 15) is 27.2 Å². The summed E-state index contributed by atoms with van der Waals surface area (Å²) < 4.78 is 51.2. The van der Waals surface area contributed by atoms with E-state index >= 15 is 0 Å². The van der Waals surface area contributed by atoms with Gasteiger partial charge >= 0.3 is 0 Å². The average molecular weight is 479 g/mol. The molecule has 1 amide bonds. The van der Waals surface area contributed by atoms with Gasteiger partial charge in [0, 0.05) is 29.8 Å². The van der Waals surface area contributed by atoms with Crippen LogP contribution in [0.1, 0.15) is 44.5 Å². The average Bonchev–Trinajstić information content (AvgIpc) is 2.72. The lowest BCUT2D eigenvalue weighted by molar-refractivity contribution is -0.116. The molecule has 1 heterocycles. The first-order valence-electron chi connectivity index (χ1n) is 10.4. The number of carbonyl (C=O) groups is 2. The third-order valence-corrected chi connectivity index (χ3v) is 3.89. The van der Waals surface area contributed by atoms with Crippen molar-refractivity contribution in [3.8, 4) is 11.3 Å². The summed E-state index contributed by atoms with van der Waals surface area (Å²) in [6.45, 7) is 9.60. The SMILES string of the molecule is CC(C)=O.CC(N)=O.CCc1ccc(C)nc1-c1ccc(F)cc1F.Cc1c(F)cccc1F. The van der Waals surface area contributed by atoms with Crippen molar-refractivity contribution < 1.29 is 27.2 Å². The Balaban J connectivity index is 0.000000534. The maximum Gasteiger partial charge on any atom is 0.214 e. The maximum atomic E-state index is 13.7. The third kappa shape index (κ3) is 11.9. The summed E-state index contributed by atoms with van der Waals surface area (Å²) >= 11 is 0. The van der Waals surface area contributed by atoms with Crippen LogP contribution in [0, 0.1) is 37.1 Å². The number of carbonyl (C=O) groups excluding carboxylic acids is 2. The number of benzene rings is 2. The molecule has 2 aromatic carbocycles. The number of nitrogens with zero attached hydrogens (tertiary/aromatic N) is 1. The molecular weight excluding hydrogens is 448 g/mol. The molecule has 0 radical (unpaired) electrons. The molecule has 4 nitrogen and oxygen atoms in total. The van der Waals surface area contributed by atoms with Gasteiger partial charge in [-0.1, -0.05) is 19.1 Å². The van der Waals surface area contributed by atoms with E-state index in [4.69, 9.17) is 0 Å². The fourth-order valence-electron chi connectivity index (χ4n) is 2.37. The zero-order valence-corrected chi connectivity index (χ0v) is 20.2. The molecule has 1 aromatic heterocycles. The largest absolute Gasteiger partial charge is 0.370 e. The number of ketones is 1. The molecule has 0 bridgehead atoms. The van der Waals surface area contributed by atoms with Crippen LogP contribution in [-0.2, 0) is 16.0 Å².